The molecule has 0 fully saturated rings. The van der Waals surface area contributed by atoms with Crippen LogP contribution in [-0.2, 0) is 6.54 Å². The summed E-state index contributed by atoms with van der Waals surface area (Å²) in [6.45, 7) is 6.90. The summed E-state index contributed by atoms with van der Waals surface area (Å²) in [5, 5.41) is 7.33. The van der Waals surface area contributed by atoms with Crippen LogP contribution in [0, 0.1) is 20.8 Å². The first-order valence-corrected chi connectivity index (χ1v) is 7.64. The van der Waals surface area contributed by atoms with Gasteiger partial charge in [0.15, 0.2) is 5.82 Å². The molecule has 3 rings (SSSR count). The van der Waals surface area contributed by atoms with E-state index >= 15 is 0 Å². The third kappa shape index (κ3) is 2.97. The van der Waals surface area contributed by atoms with Crippen molar-refractivity contribution in [2.75, 3.05) is 5.32 Å². The molecule has 0 bridgehead atoms. The van der Waals surface area contributed by atoms with E-state index in [-0.39, 0.29) is 0 Å². The van der Waals surface area contributed by atoms with E-state index in [0.717, 1.165) is 17.8 Å². The Morgan fingerprint density at radius 1 is 1.19 bits per heavy atom. The standard InChI is InChI=1S/C16H17N3OS/c1-10-8-13(11(2)21-10)9-17-15-7-5-4-6-14(15)16-18-12(3)19-20-16/h4-8,17H,9H2,1-3H3. The van der Waals surface area contributed by atoms with Crippen molar-refractivity contribution in [3.8, 4) is 11.5 Å². The number of anilines is 1. The molecule has 0 aliphatic heterocycles. The van der Waals surface area contributed by atoms with Crippen molar-refractivity contribution in [1.29, 1.82) is 0 Å². The smallest absolute Gasteiger partial charge is 0.260 e. The van der Waals surface area contributed by atoms with Gasteiger partial charge in [0.1, 0.15) is 0 Å². The highest BCUT2D eigenvalue weighted by atomic mass is 32.1. The van der Waals surface area contributed by atoms with Gasteiger partial charge in [-0.25, -0.2) is 0 Å². The quantitative estimate of drug-likeness (QED) is 0.778. The maximum atomic E-state index is 5.27. The molecule has 3 aromatic rings. The number of thiophene rings is 1. The van der Waals surface area contributed by atoms with Crippen LogP contribution >= 0.6 is 11.3 Å². The minimum Gasteiger partial charge on any atom is -0.380 e. The van der Waals surface area contributed by atoms with Crippen LogP contribution in [0.2, 0.25) is 0 Å². The average Bonchev–Trinajstić information content (AvgIpc) is 3.02. The van der Waals surface area contributed by atoms with E-state index < -0.39 is 0 Å². The zero-order chi connectivity index (χ0) is 14.8. The molecule has 1 aromatic carbocycles. The molecule has 0 radical (unpaired) electrons. The molecular formula is C16H17N3OS. The third-order valence-corrected chi connectivity index (χ3v) is 4.31. The maximum Gasteiger partial charge on any atom is 0.260 e. The van der Waals surface area contributed by atoms with Gasteiger partial charge >= 0.3 is 0 Å². The zero-order valence-electron chi connectivity index (χ0n) is 12.3. The molecule has 0 unspecified atom stereocenters. The molecule has 0 aliphatic carbocycles. The van der Waals surface area contributed by atoms with Crippen LogP contribution in [0.1, 0.15) is 21.1 Å². The summed E-state index contributed by atoms with van der Waals surface area (Å²) in [4.78, 5) is 6.99. The van der Waals surface area contributed by atoms with Crippen LogP contribution in [0.15, 0.2) is 34.9 Å². The van der Waals surface area contributed by atoms with Gasteiger partial charge in [0, 0.05) is 22.0 Å². The van der Waals surface area contributed by atoms with Crippen LogP contribution in [0.4, 0.5) is 5.69 Å². The molecule has 1 N–H and O–H groups in total. The highest BCUT2D eigenvalue weighted by molar-refractivity contribution is 7.12. The molecule has 5 heteroatoms. The summed E-state index contributed by atoms with van der Waals surface area (Å²) in [6, 6.07) is 10.2. The van der Waals surface area contributed by atoms with Gasteiger partial charge in [-0.3, -0.25) is 0 Å². The SMILES string of the molecule is Cc1noc(-c2ccccc2NCc2cc(C)sc2C)n1. The van der Waals surface area contributed by atoms with Gasteiger partial charge in [0.2, 0.25) is 0 Å². The molecule has 0 saturated carbocycles. The van der Waals surface area contributed by atoms with Crippen molar-refractivity contribution < 1.29 is 4.52 Å². The summed E-state index contributed by atoms with van der Waals surface area (Å²) in [6.07, 6.45) is 0. The zero-order valence-corrected chi connectivity index (χ0v) is 13.1. The predicted octanol–water partition coefficient (Wildman–Crippen LogP) is 4.34. The Balaban J connectivity index is 1.84. The second-order valence-corrected chi connectivity index (χ2v) is 6.44. The Labute approximate surface area is 127 Å². The Morgan fingerprint density at radius 2 is 2.00 bits per heavy atom. The monoisotopic (exact) mass is 299 g/mol. The first-order valence-electron chi connectivity index (χ1n) is 6.83. The number of rotatable bonds is 4. The number of aryl methyl sites for hydroxylation is 3. The predicted molar refractivity (Wildman–Crippen MR) is 85.6 cm³/mol. The van der Waals surface area contributed by atoms with Gasteiger partial charge in [-0.2, -0.15) is 4.98 Å². The minimum atomic E-state index is 0.550. The van der Waals surface area contributed by atoms with E-state index in [1.165, 1.54) is 15.3 Å². The molecule has 2 aromatic heterocycles. The van der Waals surface area contributed by atoms with Crippen molar-refractivity contribution in [3.63, 3.8) is 0 Å². The topological polar surface area (TPSA) is 51.0 Å². The van der Waals surface area contributed by atoms with Gasteiger partial charge in [-0.1, -0.05) is 17.3 Å². The molecule has 0 atom stereocenters. The average molecular weight is 299 g/mol. The van der Waals surface area contributed by atoms with E-state index in [4.69, 9.17) is 4.52 Å². The van der Waals surface area contributed by atoms with Gasteiger partial charge in [0.25, 0.3) is 5.89 Å². The molecule has 4 nitrogen and oxygen atoms in total. The number of hydrogen-bond acceptors (Lipinski definition) is 5. The van der Waals surface area contributed by atoms with Crippen LogP contribution in [0.5, 0.6) is 0 Å². The molecule has 0 saturated heterocycles. The molecule has 0 spiro atoms. The van der Waals surface area contributed by atoms with Gasteiger partial charge in [-0.05, 0) is 44.5 Å². The van der Waals surface area contributed by atoms with E-state index in [9.17, 15) is 0 Å². The summed E-state index contributed by atoms with van der Waals surface area (Å²) >= 11 is 1.83. The Hall–Kier alpha value is -2.14. The number of nitrogens with one attached hydrogen (secondary N) is 1. The summed E-state index contributed by atoms with van der Waals surface area (Å²) in [5.74, 6) is 1.19. The second kappa shape index (κ2) is 5.69. The Kier molecular flexibility index (Phi) is 3.75. The molecule has 0 aliphatic rings. The Morgan fingerprint density at radius 3 is 2.67 bits per heavy atom. The number of hydrogen-bond donors (Lipinski definition) is 1. The van der Waals surface area contributed by atoms with E-state index in [1.807, 2.05) is 42.5 Å². The molecule has 21 heavy (non-hydrogen) atoms. The lowest BCUT2D eigenvalue weighted by Crippen LogP contribution is -2.01. The van der Waals surface area contributed by atoms with Crippen molar-refractivity contribution in [2.45, 2.75) is 27.3 Å². The van der Waals surface area contributed by atoms with Crippen LogP contribution in [0.25, 0.3) is 11.5 Å². The van der Waals surface area contributed by atoms with Crippen LogP contribution in [-0.4, -0.2) is 10.1 Å². The van der Waals surface area contributed by atoms with Gasteiger partial charge in [0.05, 0.1) is 5.56 Å². The van der Waals surface area contributed by atoms with Crippen LogP contribution in [0.3, 0.4) is 0 Å². The first-order chi connectivity index (χ1) is 10.1. The summed E-state index contributed by atoms with van der Waals surface area (Å²) in [7, 11) is 0. The van der Waals surface area contributed by atoms with E-state index in [0.29, 0.717) is 11.7 Å². The lowest BCUT2D eigenvalue weighted by atomic mass is 10.1. The second-order valence-electron chi connectivity index (χ2n) is 4.98. The number of para-hydroxylation sites is 1. The summed E-state index contributed by atoms with van der Waals surface area (Å²) in [5.41, 5.74) is 3.26. The van der Waals surface area contributed by atoms with E-state index in [2.05, 4.69) is 35.4 Å². The largest absolute Gasteiger partial charge is 0.380 e. The molecular weight excluding hydrogens is 282 g/mol. The Bertz CT molecular complexity index is 760. The first kappa shape index (κ1) is 13.8. The highest BCUT2D eigenvalue weighted by Crippen LogP contribution is 2.28. The normalized spacial score (nSPS) is 10.8. The molecule has 108 valence electrons. The lowest BCUT2D eigenvalue weighted by Gasteiger charge is -2.09. The third-order valence-electron chi connectivity index (χ3n) is 3.30. The van der Waals surface area contributed by atoms with E-state index in [1.54, 1.807) is 0 Å². The fraction of sp³-hybridized carbons (Fsp3) is 0.250. The number of nitrogens with zero attached hydrogens (tertiary/aromatic N) is 2. The summed E-state index contributed by atoms with van der Waals surface area (Å²) < 4.78 is 5.27. The fourth-order valence-electron chi connectivity index (χ4n) is 2.28. The molecule has 0 amide bonds. The van der Waals surface area contributed by atoms with Gasteiger partial charge < -0.3 is 9.84 Å². The maximum absolute atomic E-state index is 5.27. The van der Waals surface area contributed by atoms with Crippen molar-refractivity contribution >= 4 is 17.0 Å². The van der Waals surface area contributed by atoms with Crippen molar-refractivity contribution in [3.05, 3.63) is 51.5 Å². The van der Waals surface area contributed by atoms with Gasteiger partial charge in [-0.15, -0.1) is 11.3 Å². The van der Waals surface area contributed by atoms with Crippen molar-refractivity contribution in [2.24, 2.45) is 0 Å². The fourth-order valence-corrected chi connectivity index (χ4v) is 3.23. The minimum absolute atomic E-state index is 0.550. The van der Waals surface area contributed by atoms with Crippen molar-refractivity contribution in [1.82, 2.24) is 10.1 Å². The number of benzene rings is 1. The lowest BCUT2D eigenvalue weighted by molar-refractivity contribution is 0.426. The number of aromatic nitrogens is 2. The van der Waals surface area contributed by atoms with Crippen LogP contribution < -0.4 is 5.32 Å². The molecule has 2 heterocycles. The highest BCUT2D eigenvalue weighted by Gasteiger charge is 2.11.